The lowest BCUT2D eigenvalue weighted by Gasteiger charge is -2.08. The summed E-state index contributed by atoms with van der Waals surface area (Å²) in [4.78, 5) is 15.4. The van der Waals surface area contributed by atoms with E-state index in [9.17, 15) is 9.90 Å². The molecule has 0 aliphatic heterocycles. The number of nitrogens with one attached hydrogen (secondary N) is 2. The van der Waals surface area contributed by atoms with Crippen molar-refractivity contribution in [2.24, 2.45) is 0 Å². The van der Waals surface area contributed by atoms with Crippen LogP contribution in [0.1, 0.15) is 11.1 Å². The molecule has 3 rings (SSSR count). The molecule has 118 valence electrons. The maximum atomic E-state index is 12.3. The van der Waals surface area contributed by atoms with Gasteiger partial charge in [-0.05, 0) is 48.4 Å². The number of rotatable bonds is 4. The molecule has 0 aliphatic carbocycles. The zero-order chi connectivity index (χ0) is 16.4. The number of hydrogen-bond acceptors (Lipinski definition) is 3. The molecule has 1 aromatic heterocycles. The molecule has 0 atom stereocenters. The predicted molar refractivity (Wildman–Crippen MR) is 90.0 cm³/mol. The molecule has 0 spiro atoms. The molecule has 0 radical (unpaired) electrons. The van der Waals surface area contributed by atoms with Crippen LogP contribution in [0.15, 0.2) is 42.6 Å². The van der Waals surface area contributed by atoms with Crippen molar-refractivity contribution in [3.63, 3.8) is 0 Å². The largest absolute Gasteiger partial charge is 0.506 e. The van der Waals surface area contributed by atoms with Crippen LogP contribution in [-0.2, 0) is 11.2 Å². The number of aromatic amines is 1. The minimum Gasteiger partial charge on any atom is -0.506 e. The lowest BCUT2D eigenvalue weighted by atomic mass is 10.1. The Balaban J connectivity index is 1.81. The van der Waals surface area contributed by atoms with Crippen LogP contribution >= 0.6 is 0 Å². The average molecular weight is 310 g/mol. The monoisotopic (exact) mass is 310 g/mol. The van der Waals surface area contributed by atoms with Gasteiger partial charge in [-0.3, -0.25) is 4.79 Å². The molecular weight excluding hydrogens is 292 g/mol. The number of phenolic OH excluding ortho intramolecular Hbond substituents is 1. The molecule has 0 saturated heterocycles. The Bertz CT molecular complexity index is 868. The fourth-order valence-corrected chi connectivity index (χ4v) is 2.55. The highest BCUT2D eigenvalue weighted by Crippen LogP contribution is 2.26. The summed E-state index contributed by atoms with van der Waals surface area (Å²) < 4.78 is 5.23. The Morgan fingerprint density at radius 1 is 1.26 bits per heavy atom. The van der Waals surface area contributed by atoms with Crippen LogP contribution < -0.4 is 10.1 Å². The van der Waals surface area contributed by atoms with Gasteiger partial charge in [0.15, 0.2) is 0 Å². The molecule has 0 aliphatic rings. The molecule has 3 N–H and O–H groups in total. The van der Waals surface area contributed by atoms with Crippen LogP contribution in [-0.4, -0.2) is 23.1 Å². The standard InChI is InChI=1S/C18H18N2O3/c1-11-3-6-17(21)16(7-11)20-18(22)8-12-10-19-15-5-4-13(23-2)9-14(12)15/h3-7,9-10,19,21H,8H2,1-2H3,(H,20,22). The number of carbonyl (C=O) groups excluding carboxylic acids is 1. The summed E-state index contributed by atoms with van der Waals surface area (Å²) in [6, 6.07) is 10.8. The molecule has 5 heteroatoms. The van der Waals surface area contributed by atoms with Crippen molar-refractivity contribution in [3.05, 3.63) is 53.7 Å². The molecule has 1 heterocycles. The van der Waals surface area contributed by atoms with E-state index in [1.165, 1.54) is 0 Å². The Labute approximate surface area is 133 Å². The molecule has 2 aromatic carbocycles. The fraction of sp³-hybridized carbons (Fsp3) is 0.167. The second kappa shape index (κ2) is 6.04. The van der Waals surface area contributed by atoms with E-state index >= 15 is 0 Å². The van der Waals surface area contributed by atoms with Crippen LogP contribution in [0.4, 0.5) is 5.69 Å². The van der Waals surface area contributed by atoms with Gasteiger partial charge in [0.1, 0.15) is 11.5 Å². The number of carbonyl (C=O) groups is 1. The van der Waals surface area contributed by atoms with E-state index < -0.39 is 0 Å². The lowest BCUT2D eigenvalue weighted by Crippen LogP contribution is -2.14. The van der Waals surface area contributed by atoms with Crippen LogP contribution in [0.25, 0.3) is 10.9 Å². The van der Waals surface area contributed by atoms with E-state index in [0.29, 0.717) is 5.69 Å². The third-order valence-corrected chi connectivity index (χ3v) is 3.75. The molecule has 0 fully saturated rings. The average Bonchev–Trinajstić information content (AvgIpc) is 2.93. The summed E-state index contributed by atoms with van der Waals surface area (Å²) in [6.07, 6.45) is 2.03. The Morgan fingerprint density at radius 2 is 2.09 bits per heavy atom. The van der Waals surface area contributed by atoms with Gasteiger partial charge >= 0.3 is 0 Å². The highest BCUT2D eigenvalue weighted by Gasteiger charge is 2.11. The summed E-state index contributed by atoms with van der Waals surface area (Å²) in [5, 5.41) is 13.5. The topological polar surface area (TPSA) is 74.4 Å². The van der Waals surface area contributed by atoms with Crippen LogP contribution in [0.3, 0.4) is 0 Å². The van der Waals surface area contributed by atoms with Gasteiger partial charge in [-0.15, -0.1) is 0 Å². The van der Waals surface area contributed by atoms with Gasteiger partial charge in [0.2, 0.25) is 5.91 Å². The molecule has 5 nitrogen and oxygen atoms in total. The number of aromatic nitrogens is 1. The zero-order valence-electron chi connectivity index (χ0n) is 13.0. The van der Waals surface area contributed by atoms with Crippen molar-refractivity contribution in [1.29, 1.82) is 0 Å². The van der Waals surface area contributed by atoms with Gasteiger partial charge in [-0.2, -0.15) is 0 Å². The van der Waals surface area contributed by atoms with Crippen molar-refractivity contribution in [2.45, 2.75) is 13.3 Å². The number of anilines is 1. The normalized spacial score (nSPS) is 10.7. The number of aromatic hydroxyl groups is 1. The molecule has 0 unspecified atom stereocenters. The van der Waals surface area contributed by atoms with Crippen molar-refractivity contribution < 1.29 is 14.6 Å². The van der Waals surface area contributed by atoms with Crippen molar-refractivity contribution in [3.8, 4) is 11.5 Å². The highest BCUT2D eigenvalue weighted by molar-refractivity contribution is 5.97. The summed E-state index contributed by atoms with van der Waals surface area (Å²) in [5.74, 6) is 0.620. The van der Waals surface area contributed by atoms with E-state index in [1.807, 2.05) is 31.3 Å². The Hall–Kier alpha value is -2.95. The van der Waals surface area contributed by atoms with Gasteiger partial charge in [0.25, 0.3) is 0 Å². The minimum absolute atomic E-state index is 0.0598. The van der Waals surface area contributed by atoms with Gasteiger partial charge < -0.3 is 20.1 Å². The molecule has 1 amide bonds. The molecule has 23 heavy (non-hydrogen) atoms. The molecule has 0 saturated carbocycles. The number of hydrogen-bond donors (Lipinski definition) is 3. The first-order valence-corrected chi connectivity index (χ1v) is 7.30. The van der Waals surface area contributed by atoms with Crippen LogP contribution in [0, 0.1) is 6.92 Å². The number of ether oxygens (including phenoxy) is 1. The predicted octanol–water partition coefficient (Wildman–Crippen LogP) is 3.37. The summed E-state index contributed by atoms with van der Waals surface area (Å²) in [6.45, 7) is 1.90. The second-order valence-electron chi connectivity index (χ2n) is 5.47. The first-order valence-electron chi connectivity index (χ1n) is 7.30. The number of aryl methyl sites for hydroxylation is 1. The third kappa shape index (κ3) is 3.13. The number of phenols is 1. The van der Waals surface area contributed by atoms with Crippen LogP contribution in [0.5, 0.6) is 11.5 Å². The molecule has 0 bridgehead atoms. The first kappa shape index (κ1) is 15.0. The molecular formula is C18H18N2O3. The maximum absolute atomic E-state index is 12.3. The maximum Gasteiger partial charge on any atom is 0.228 e. The minimum atomic E-state index is -0.186. The molecule has 3 aromatic rings. The smallest absolute Gasteiger partial charge is 0.228 e. The van der Waals surface area contributed by atoms with E-state index in [1.54, 1.807) is 25.3 Å². The van der Waals surface area contributed by atoms with Gasteiger partial charge in [0, 0.05) is 17.1 Å². The van der Waals surface area contributed by atoms with Gasteiger partial charge in [0.05, 0.1) is 19.2 Å². The number of fused-ring (bicyclic) bond motifs is 1. The Morgan fingerprint density at radius 3 is 2.87 bits per heavy atom. The van der Waals surface area contributed by atoms with E-state index in [-0.39, 0.29) is 18.1 Å². The zero-order valence-corrected chi connectivity index (χ0v) is 13.0. The number of H-pyrrole nitrogens is 1. The SMILES string of the molecule is COc1ccc2[nH]cc(CC(=O)Nc3cc(C)ccc3O)c2c1. The van der Waals surface area contributed by atoms with E-state index in [2.05, 4.69) is 10.3 Å². The summed E-state index contributed by atoms with van der Waals surface area (Å²) in [7, 11) is 1.61. The number of amides is 1. The summed E-state index contributed by atoms with van der Waals surface area (Å²) >= 11 is 0. The number of methoxy groups -OCH3 is 1. The fourth-order valence-electron chi connectivity index (χ4n) is 2.55. The second-order valence-corrected chi connectivity index (χ2v) is 5.47. The van der Waals surface area contributed by atoms with Crippen molar-refractivity contribution in [1.82, 2.24) is 4.98 Å². The van der Waals surface area contributed by atoms with Crippen LogP contribution in [0.2, 0.25) is 0 Å². The summed E-state index contributed by atoms with van der Waals surface area (Å²) in [5.41, 5.74) is 3.22. The van der Waals surface area contributed by atoms with E-state index in [0.717, 1.165) is 27.8 Å². The highest BCUT2D eigenvalue weighted by atomic mass is 16.5. The van der Waals surface area contributed by atoms with Crippen molar-refractivity contribution >= 4 is 22.5 Å². The number of benzene rings is 2. The first-order chi connectivity index (χ1) is 11.1. The Kier molecular flexibility index (Phi) is 3.93. The van der Waals surface area contributed by atoms with Gasteiger partial charge in [-0.25, -0.2) is 0 Å². The quantitative estimate of drug-likeness (QED) is 0.647. The van der Waals surface area contributed by atoms with E-state index in [4.69, 9.17) is 4.74 Å². The van der Waals surface area contributed by atoms with Crippen molar-refractivity contribution in [2.75, 3.05) is 12.4 Å². The third-order valence-electron chi connectivity index (χ3n) is 3.75. The van der Waals surface area contributed by atoms with Gasteiger partial charge in [-0.1, -0.05) is 6.07 Å². The lowest BCUT2D eigenvalue weighted by molar-refractivity contribution is -0.115.